The Bertz CT molecular complexity index is 10.4. The van der Waals surface area contributed by atoms with Gasteiger partial charge in [-0.3, -0.25) is 0 Å². The fourth-order valence-corrected chi connectivity index (χ4v) is 0. The maximum atomic E-state index is 0. The van der Waals surface area contributed by atoms with Gasteiger partial charge in [0.25, 0.3) is 0 Å². The summed E-state index contributed by atoms with van der Waals surface area (Å²) < 4.78 is 0. The van der Waals surface area contributed by atoms with Crippen LogP contribution in [0.5, 0.6) is 0 Å². The van der Waals surface area contributed by atoms with Crippen molar-refractivity contribution in [3.05, 3.63) is 14.9 Å². The molecule has 28 heavy (non-hydrogen) atoms. The molecule has 0 amide bonds. The van der Waals surface area contributed by atoms with Gasteiger partial charge in [-0.2, -0.15) is 0 Å². The molecule has 0 unspecified atom stereocenters. The number of hydrogen-bond donors (Lipinski definition) is 0. The standard InChI is InChI=1S/2CH3.26Y/h2*1H3;;;;;;;;;;;;;;;;;;;;;;;;;;/q2*-1;;;;;;;;;;;;;;;;;;;;;;;;;;. The average molecular weight is 2340 g/mol. The molecule has 0 fully saturated rings. The summed E-state index contributed by atoms with van der Waals surface area (Å²) in [5, 5.41) is 0. The van der Waals surface area contributed by atoms with Crippen LogP contribution in [0, 0.1) is 14.9 Å². The van der Waals surface area contributed by atoms with E-state index in [0.29, 0.717) is 0 Å². The van der Waals surface area contributed by atoms with Gasteiger partial charge in [0, 0.05) is 850 Å². The first-order valence-corrected chi connectivity index (χ1v) is 0. The minimum absolute atomic E-state index is 0. The fourth-order valence-electron chi connectivity index (χ4n) is 0. The summed E-state index contributed by atoms with van der Waals surface area (Å²) >= 11 is 0. The van der Waals surface area contributed by atoms with Crippen LogP contribution in [-0.4, -0.2) is 0 Å². The first kappa shape index (κ1) is 214. The molecular formula is C2H6Y26-2. The molecule has 0 rings (SSSR count). The van der Waals surface area contributed by atoms with E-state index in [-0.39, 0.29) is 865 Å². The minimum atomic E-state index is 0. The van der Waals surface area contributed by atoms with Crippen molar-refractivity contribution in [1.82, 2.24) is 0 Å². The van der Waals surface area contributed by atoms with Gasteiger partial charge < -0.3 is 14.9 Å². The Morgan fingerprint density at radius 2 is 0.0714 bits per heavy atom. The molecule has 0 aliphatic carbocycles. The largest absolute Gasteiger partial charge is 0.358 e. The van der Waals surface area contributed by atoms with Gasteiger partial charge >= 0.3 is 0 Å². The van der Waals surface area contributed by atoms with Crippen LogP contribution in [0.25, 0.3) is 0 Å². The maximum Gasteiger partial charge on any atom is 0 e. The maximum absolute atomic E-state index is 0. The Morgan fingerprint density at radius 1 is 0.0714 bits per heavy atom. The van der Waals surface area contributed by atoms with Gasteiger partial charge in [-0.25, -0.2) is 0 Å². The minimum Gasteiger partial charge on any atom is -0.358 e. The zero-order valence-corrected chi connectivity index (χ0v) is 90.8. The molecule has 0 bridgehead atoms. The second-order valence-electron chi connectivity index (χ2n) is 0. The quantitative estimate of drug-likeness (QED) is 0.316. The molecular weight excluding hydrogens is 2340 g/mol. The van der Waals surface area contributed by atoms with Gasteiger partial charge in [0.1, 0.15) is 0 Å². The molecule has 0 aliphatic rings. The van der Waals surface area contributed by atoms with Crippen molar-refractivity contribution in [2.24, 2.45) is 0 Å². The molecule has 0 heterocycles. The Labute approximate surface area is 832 Å². The molecule has 0 N–H and O–H groups in total. The van der Waals surface area contributed by atoms with Crippen molar-refractivity contribution in [2.45, 2.75) is 0 Å². The molecule has 26 radical (unpaired) electrons. The molecule has 0 saturated carbocycles. The zero-order valence-electron chi connectivity index (χ0n) is 17.0. The molecule has 0 atom stereocenters. The summed E-state index contributed by atoms with van der Waals surface area (Å²) in [6.07, 6.45) is 0. The van der Waals surface area contributed by atoms with Gasteiger partial charge in [0.05, 0.1) is 0 Å². The fraction of sp³-hybridized carbons (Fsp3) is 0. The van der Waals surface area contributed by atoms with Gasteiger partial charge in [0.15, 0.2) is 0 Å². The van der Waals surface area contributed by atoms with E-state index in [9.17, 15) is 0 Å². The predicted octanol–water partition coefficient (Wildman–Crippen LogP) is 0.836. The predicted molar refractivity (Wildman–Crippen MR) is 12.8 cm³/mol. The van der Waals surface area contributed by atoms with E-state index < -0.39 is 0 Å². The molecule has 0 aromatic carbocycles. The smallest absolute Gasteiger partial charge is 0 e. The van der Waals surface area contributed by atoms with Crippen LogP contribution in [-0.2, 0) is 850 Å². The van der Waals surface area contributed by atoms with Crippen molar-refractivity contribution in [3.63, 3.8) is 0 Å². The average Bonchev–Trinajstić information content (AvgIpc) is 0. The van der Waals surface area contributed by atoms with Gasteiger partial charge in [-0.15, -0.1) is 0 Å². The van der Waals surface area contributed by atoms with E-state index in [1.807, 2.05) is 0 Å². The molecule has 0 nitrogen and oxygen atoms in total. The molecule has 0 aromatic rings. The molecule has 26 heteroatoms. The van der Waals surface area contributed by atoms with Crippen molar-refractivity contribution < 1.29 is 850 Å². The Morgan fingerprint density at radius 3 is 0.0714 bits per heavy atom. The van der Waals surface area contributed by atoms with Crippen LogP contribution in [0.15, 0.2) is 0 Å². The van der Waals surface area contributed by atoms with E-state index in [1.165, 1.54) is 0 Å². The van der Waals surface area contributed by atoms with E-state index in [0.717, 1.165) is 0 Å². The van der Waals surface area contributed by atoms with Crippen LogP contribution in [0.1, 0.15) is 0 Å². The van der Waals surface area contributed by atoms with Crippen LogP contribution in [0.4, 0.5) is 0 Å². The van der Waals surface area contributed by atoms with Crippen LogP contribution < -0.4 is 0 Å². The van der Waals surface area contributed by atoms with Gasteiger partial charge in [-0.1, -0.05) is 0 Å². The van der Waals surface area contributed by atoms with Crippen LogP contribution in [0.2, 0.25) is 0 Å². The third kappa shape index (κ3) is 191. The Balaban J connectivity index is 0. The topological polar surface area (TPSA) is 0 Å². The van der Waals surface area contributed by atoms with E-state index in [2.05, 4.69) is 0 Å². The zero-order chi connectivity index (χ0) is 0. The molecule has 0 aromatic heterocycles. The van der Waals surface area contributed by atoms with Crippen molar-refractivity contribution >= 4 is 0 Å². The summed E-state index contributed by atoms with van der Waals surface area (Å²) in [6.45, 7) is 0. The monoisotopic (exact) mass is 2340 g/mol. The molecule has 0 spiro atoms. The second kappa shape index (κ2) is 202. The van der Waals surface area contributed by atoms with E-state index in [1.54, 1.807) is 0 Å². The third-order valence-corrected chi connectivity index (χ3v) is 0. The number of rotatable bonds is 0. The van der Waals surface area contributed by atoms with Gasteiger partial charge in [0.2, 0.25) is 0 Å². The van der Waals surface area contributed by atoms with Crippen LogP contribution >= 0.6 is 0 Å². The molecule has 0 saturated heterocycles. The first-order valence-electron chi connectivity index (χ1n) is 0. The summed E-state index contributed by atoms with van der Waals surface area (Å²) in [7, 11) is 0. The number of hydrogen-bond acceptors (Lipinski definition) is 0. The summed E-state index contributed by atoms with van der Waals surface area (Å²) in [4.78, 5) is 0. The summed E-state index contributed by atoms with van der Waals surface area (Å²) in [6, 6.07) is 0. The Hall–Kier alpha value is 28.7. The van der Waals surface area contributed by atoms with Crippen LogP contribution in [0.3, 0.4) is 0 Å². The van der Waals surface area contributed by atoms with E-state index in [4.69, 9.17) is 0 Å². The van der Waals surface area contributed by atoms with Crippen molar-refractivity contribution in [1.29, 1.82) is 0 Å². The molecule has 0 aliphatic heterocycles. The summed E-state index contributed by atoms with van der Waals surface area (Å²) in [5.41, 5.74) is 0. The third-order valence-electron chi connectivity index (χ3n) is 0. The Kier molecular flexibility index (Phi) is 1540. The molecule has 94 valence electrons. The van der Waals surface area contributed by atoms with Crippen molar-refractivity contribution in [3.8, 4) is 0 Å². The summed E-state index contributed by atoms with van der Waals surface area (Å²) in [5.74, 6) is 0. The van der Waals surface area contributed by atoms with Gasteiger partial charge in [-0.05, 0) is 0 Å². The van der Waals surface area contributed by atoms with Crippen molar-refractivity contribution in [2.75, 3.05) is 0 Å². The normalized spacial score (nSPS) is 0. The SMILES string of the molecule is [CH3-].[CH3-].[Y].[Y].[Y].[Y].[Y].[Y].[Y].[Y].[Y].[Y].[Y].[Y].[Y].[Y].[Y].[Y].[Y].[Y].[Y].[Y].[Y].[Y].[Y].[Y].[Y].[Y]. The second-order valence-corrected chi connectivity index (χ2v) is 0. The van der Waals surface area contributed by atoms with E-state index >= 15 is 0 Å². The first-order chi connectivity index (χ1) is 0.